The van der Waals surface area contributed by atoms with Gasteiger partial charge in [-0.1, -0.05) is 48.0 Å². The average Bonchev–Trinajstić information content (AvgIpc) is 3.22. The van der Waals surface area contributed by atoms with E-state index in [0.717, 1.165) is 32.8 Å². The van der Waals surface area contributed by atoms with E-state index in [2.05, 4.69) is 10.1 Å². The van der Waals surface area contributed by atoms with Gasteiger partial charge < -0.3 is 4.57 Å². The van der Waals surface area contributed by atoms with Crippen LogP contribution in [0.15, 0.2) is 39.9 Å². The monoisotopic (exact) mass is 477 g/mol. The van der Waals surface area contributed by atoms with E-state index in [0.29, 0.717) is 15.2 Å². The molecular formula is C20H17Cl2N5OS2. The number of hydrazone groups is 1. The lowest BCUT2D eigenvalue weighted by atomic mass is 10.1. The standard InChI is InChI=1S/C20H17Cl2N5OS2/c1-4-29-20-25-27-17(23)13(18(28)24-19(27)30-20)9-12-8-10(2)26(11(12)3)15-7-5-6-14(21)16(15)22/h5-9,23H,4H2,1-3H3/b13-9-,23-17?. The number of amides is 1. The second-order valence-electron chi connectivity index (χ2n) is 6.55. The van der Waals surface area contributed by atoms with Crippen molar-refractivity contribution in [3.05, 3.63) is 56.8 Å². The van der Waals surface area contributed by atoms with E-state index in [1.807, 2.05) is 43.5 Å². The Hall–Kier alpha value is -2.00. The molecule has 1 aromatic heterocycles. The number of rotatable bonds is 3. The van der Waals surface area contributed by atoms with Crippen LogP contribution < -0.4 is 0 Å². The van der Waals surface area contributed by atoms with Crippen molar-refractivity contribution >= 4 is 74.1 Å². The zero-order valence-corrected chi connectivity index (χ0v) is 19.5. The van der Waals surface area contributed by atoms with Crippen LogP contribution in [0.2, 0.25) is 10.0 Å². The summed E-state index contributed by atoms with van der Waals surface area (Å²) in [6.45, 7) is 5.91. The van der Waals surface area contributed by atoms with Crippen LogP contribution in [-0.2, 0) is 4.79 Å². The third kappa shape index (κ3) is 3.62. The van der Waals surface area contributed by atoms with Gasteiger partial charge >= 0.3 is 0 Å². The molecule has 0 saturated heterocycles. The molecule has 0 spiro atoms. The molecule has 0 bridgehead atoms. The molecule has 0 radical (unpaired) electrons. The number of hydrogen-bond donors (Lipinski definition) is 1. The molecule has 6 nitrogen and oxygen atoms in total. The number of fused-ring (bicyclic) bond motifs is 1. The lowest BCUT2D eigenvalue weighted by molar-refractivity contribution is -0.114. The van der Waals surface area contributed by atoms with E-state index in [9.17, 15) is 4.79 Å². The summed E-state index contributed by atoms with van der Waals surface area (Å²) < 4.78 is 2.76. The molecule has 0 unspecified atom stereocenters. The molecule has 2 aromatic rings. The summed E-state index contributed by atoms with van der Waals surface area (Å²) in [5.74, 6) is 0.437. The Bertz CT molecular complexity index is 1180. The predicted octanol–water partition coefficient (Wildman–Crippen LogP) is 5.73. The predicted molar refractivity (Wildman–Crippen MR) is 128 cm³/mol. The number of carbonyl (C=O) groups excluding carboxylic acids is 1. The summed E-state index contributed by atoms with van der Waals surface area (Å²) in [4.78, 5) is 16.8. The molecule has 0 fully saturated rings. The lowest BCUT2D eigenvalue weighted by Gasteiger charge is -2.20. The Morgan fingerprint density at radius 2 is 2.07 bits per heavy atom. The minimum absolute atomic E-state index is 0.0230. The molecule has 30 heavy (non-hydrogen) atoms. The number of thioether (sulfide) groups is 2. The average molecular weight is 478 g/mol. The van der Waals surface area contributed by atoms with Crippen LogP contribution in [0.3, 0.4) is 0 Å². The summed E-state index contributed by atoms with van der Waals surface area (Å²) >= 11 is 15.5. The summed E-state index contributed by atoms with van der Waals surface area (Å²) in [7, 11) is 0. The van der Waals surface area contributed by atoms with Gasteiger partial charge in [0, 0.05) is 11.4 Å². The van der Waals surface area contributed by atoms with Crippen LogP contribution in [0.4, 0.5) is 0 Å². The number of hydrogen-bond acceptors (Lipinski definition) is 5. The normalized spacial score (nSPS) is 17.5. The number of amidine groups is 2. The second kappa shape index (κ2) is 8.26. The first-order valence-electron chi connectivity index (χ1n) is 9.08. The zero-order chi connectivity index (χ0) is 21.6. The highest BCUT2D eigenvalue weighted by Gasteiger charge is 2.35. The van der Waals surface area contributed by atoms with Crippen molar-refractivity contribution in [2.75, 3.05) is 5.75 Å². The molecule has 10 heteroatoms. The lowest BCUT2D eigenvalue weighted by Crippen LogP contribution is -2.35. The number of nitrogens with zero attached hydrogens (tertiary/aromatic N) is 4. The summed E-state index contributed by atoms with van der Waals surface area (Å²) in [6, 6.07) is 7.41. The highest BCUT2D eigenvalue weighted by Crippen LogP contribution is 2.34. The first kappa shape index (κ1) is 21.2. The molecule has 154 valence electrons. The number of aliphatic imine (C=N–C) groups is 1. The second-order valence-corrected chi connectivity index (χ2v) is 9.81. The fourth-order valence-corrected chi connectivity index (χ4v) is 5.49. The highest BCUT2D eigenvalue weighted by molar-refractivity contribution is 8.45. The van der Waals surface area contributed by atoms with Crippen LogP contribution in [0, 0.1) is 19.3 Å². The maximum atomic E-state index is 12.6. The first-order valence-corrected chi connectivity index (χ1v) is 11.6. The van der Waals surface area contributed by atoms with E-state index >= 15 is 0 Å². The largest absolute Gasteiger partial charge is 0.316 e. The fourth-order valence-electron chi connectivity index (χ4n) is 3.28. The van der Waals surface area contributed by atoms with Crippen LogP contribution >= 0.6 is 46.7 Å². The van der Waals surface area contributed by atoms with Gasteiger partial charge in [-0.2, -0.15) is 10.0 Å². The fraction of sp³-hybridized carbons (Fsp3) is 0.200. The number of halogens is 2. The smallest absolute Gasteiger partial charge is 0.283 e. The van der Waals surface area contributed by atoms with E-state index in [1.54, 1.807) is 23.9 Å². The molecular weight excluding hydrogens is 461 g/mol. The number of nitrogens with one attached hydrogen (secondary N) is 1. The molecule has 1 amide bonds. The zero-order valence-electron chi connectivity index (χ0n) is 16.4. The van der Waals surface area contributed by atoms with Crippen LogP contribution in [0.25, 0.3) is 11.8 Å². The Morgan fingerprint density at radius 1 is 1.30 bits per heavy atom. The third-order valence-corrected chi connectivity index (χ3v) is 7.38. The van der Waals surface area contributed by atoms with Gasteiger partial charge in [-0.25, -0.2) is 0 Å². The van der Waals surface area contributed by atoms with Gasteiger partial charge in [0.05, 0.1) is 21.3 Å². The van der Waals surface area contributed by atoms with Crippen molar-refractivity contribution in [3.63, 3.8) is 0 Å². The van der Waals surface area contributed by atoms with E-state index in [4.69, 9.17) is 28.6 Å². The number of aryl methyl sites for hydroxylation is 1. The van der Waals surface area contributed by atoms with E-state index < -0.39 is 5.91 Å². The Kier molecular flexibility index (Phi) is 5.85. The maximum Gasteiger partial charge on any atom is 0.283 e. The van der Waals surface area contributed by atoms with Crippen molar-refractivity contribution < 1.29 is 4.79 Å². The van der Waals surface area contributed by atoms with Crippen LogP contribution in [-0.4, -0.2) is 36.6 Å². The van der Waals surface area contributed by atoms with Gasteiger partial charge in [-0.15, -0.1) is 5.10 Å². The number of aromatic nitrogens is 1. The Balaban J connectivity index is 1.75. The topological polar surface area (TPSA) is 73.8 Å². The molecule has 4 rings (SSSR count). The SMILES string of the molecule is CCSC1=NN2C(=N)/C(=C/c3cc(C)n(-c4cccc(Cl)c4Cl)c3C)C(=O)N=C2S1. The Labute approximate surface area is 192 Å². The molecule has 0 aliphatic carbocycles. The van der Waals surface area contributed by atoms with E-state index in [1.165, 1.54) is 16.8 Å². The minimum atomic E-state index is -0.442. The summed E-state index contributed by atoms with van der Waals surface area (Å²) in [5.41, 5.74) is 3.56. The van der Waals surface area contributed by atoms with Crippen molar-refractivity contribution in [1.29, 1.82) is 5.41 Å². The molecule has 1 aromatic carbocycles. The summed E-state index contributed by atoms with van der Waals surface area (Å²) in [6.07, 6.45) is 1.69. The van der Waals surface area contributed by atoms with Gasteiger partial charge in [0.25, 0.3) is 5.91 Å². The van der Waals surface area contributed by atoms with Gasteiger partial charge in [0.15, 0.2) is 10.2 Å². The van der Waals surface area contributed by atoms with Gasteiger partial charge in [0.1, 0.15) is 0 Å². The van der Waals surface area contributed by atoms with Crippen LogP contribution in [0.1, 0.15) is 23.9 Å². The number of benzene rings is 1. The van der Waals surface area contributed by atoms with Crippen molar-refractivity contribution in [2.24, 2.45) is 10.1 Å². The van der Waals surface area contributed by atoms with Crippen molar-refractivity contribution in [3.8, 4) is 5.69 Å². The third-order valence-electron chi connectivity index (χ3n) is 4.65. The molecule has 0 saturated carbocycles. The van der Waals surface area contributed by atoms with Crippen molar-refractivity contribution in [1.82, 2.24) is 9.58 Å². The maximum absolute atomic E-state index is 12.6. The summed E-state index contributed by atoms with van der Waals surface area (Å²) in [5, 5.41) is 15.7. The first-order chi connectivity index (χ1) is 14.3. The highest BCUT2D eigenvalue weighted by atomic mass is 35.5. The van der Waals surface area contributed by atoms with Gasteiger partial charge in [-0.05, 0) is 61.2 Å². The number of carbonyl (C=O) groups is 1. The Morgan fingerprint density at radius 3 is 2.80 bits per heavy atom. The quantitative estimate of drug-likeness (QED) is 0.572. The van der Waals surface area contributed by atoms with Gasteiger partial charge in [-0.3, -0.25) is 10.2 Å². The molecule has 2 aliphatic rings. The molecule has 3 heterocycles. The molecule has 2 aliphatic heterocycles. The van der Waals surface area contributed by atoms with Crippen molar-refractivity contribution in [2.45, 2.75) is 20.8 Å². The molecule has 0 atom stereocenters. The van der Waals surface area contributed by atoms with Crippen LogP contribution in [0.5, 0.6) is 0 Å². The minimum Gasteiger partial charge on any atom is -0.316 e. The van der Waals surface area contributed by atoms with Gasteiger partial charge in [0.2, 0.25) is 5.17 Å². The molecule has 1 N–H and O–H groups in total. The van der Waals surface area contributed by atoms with E-state index in [-0.39, 0.29) is 11.4 Å².